The summed E-state index contributed by atoms with van der Waals surface area (Å²) in [4.78, 5) is 27.8. The maximum atomic E-state index is 11.6. The van der Waals surface area contributed by atoms with Crippen molar-refractivity contribution in [2.75, 3.05) is 25.0 Å². The van der Waals surface area contributed by atoms with Crippen LogP contribution in [0, 0.1) is 0 Å². The highest BCUT2D eigenvalue weighted by atomic mass is 127. The van der Waals surface area contributed by atoms with E-state index in [0.717, 1.165) is 24.2 Å². The van der Waals surface area contributed by atoms with Crippen molar-refractivity contribution in [3.8, 4) is 0 Å². The number of carbonyl (C=O) groups excluding carboxylic acids is 2. The van der Waals surface area contributed by atoms with Gasteiger partial charge in [0.05, 0.1) is 6.54 Å². The summed E-state index contributed by atoms with van der Waals surface area (Å²) in [5.41, 5.74) is 1.31. The Balaban J connectivity index is 0.00000841. The fraction of sp³-hybridized carbons (Fsp3) is 0.571. The number of hydrogen-bond acceptors (Lipinski definition) is 4. The van der Waals surface area contributed by atoms with Gasteiger partial charge >= 0.3 is 6.09 Å². The Morgan fingerprint density at radius 2 is 1.63 bits per heavy atom. The number of ether oxygens (including phenoxy) is 1. The van der Waals surface area contributed by atoms with Gasteiger partial charge in [0, 0.05) is 31.7 Å². The van der Waals surface area contributed by atoms with Gasteiger partial charge in [0.2, 0.25) is 5.91 Å². The molecule has 8 nitrogen and oxygen atoms in total. The monoisotopic (exact) mass is 533 g/mol. The van der Waals surface area contributed by atoms with Crippen LogP contribution >= 0.6 is 24.0 Å². The average Bonchev–Trinajstić information content (AvgIpc) is 2.63. The van der Waals surface area contributed by atoms with Gasteiger partial charge < -0.3 is 26.0 Å². The van der Waals surface area contributed by atoms with E-state index in [0.29, 0.717) is 32.0 Å². The number of halogens is 1. The van der Waals surface area contributed by atoms with Crippen molar-refractivity contribution >= 4 is 47.6 Å². The molecule has 2 amide bonds. The van der Waals surface area contributed by atoms with Gasteiger partial charge in [0.15, 0.2) is 5.96 Å². The maximum absolute atomic E-state index is 11.6. The number of aliphatic imine (C=N–C) groups is 1. The van der Waals surface area contributed by atoms with Gasteiger partial charge in [-0.3, -0.25) is 4.79 Å². The molecule has 0 saturated heterocycles. The van der Waals surface area contributed by atoms with E-state index in [2.05, 4.69) is 26.3 Å². The SMILES string of the molecule is CCCC(=O)Nc1ccc(CN=C(NCC)NCCNC(=O)OC(C)(C)C)cc1.I. The molecule has 0 fully saturated rings. The lowest BCUT2D eigenvalue weighted by molar-refractivity contribution is -0.116. The molecule has 0 aromatic heterocycles. The molecule has 0 heterocycles. The second-order valence-electron chi connectivity index (χ2n) is 7.55. The predicted molar refractivity (Wildman–Crippen MR) is 132 cm³/mol. The van der Waals surface area contributed by atoms with E-state index in [1.54, 1.807) is 0 Å². The van der Waals surface area contributed by atoms with E-state index in [1.807, 2.05) is 58.9 Å². The van der Waals surface area contributed by atoms with Gasteiger partial charge in [-0.05, 0) is 51.8 Å². The number of carbonyl (C=O) groups is 2. The van der Waals surface area contributed by atoms with Gasteiger partial charge in [-0.1, -0.05) is 19.1 Å². The first-order chi connectivity index (χ1) is 13.7. The Morgan fingerprint density at radius 3 is 2.20 bits per heavy atom. The van der Waals surface area contributed by atoms with Gasteiger partial charge in [-0.2, -0.15) is 0 Å². The van der Waals surface area contributed by atoms with Crippen LogP contribution in [0.15, 0.2) is 29.3 Å². The summed E-state index contributed by atoms with van der Waals surface area (Å²) in [5, 5.41) is 11.9. The van der Waals surface area contributed by atoms with Crippen LogP contribution in [0.3, 0.4) is 0 Å². The largest absolute Gasteiger partial charge is 0.444 e. The zero-order valence-electron chi connectivity index (χ0n) is 18.6. The molecule has 4 N–H and O–H groups in total. The highest BCUT2D eigenvalue weighted by molar-refractivity contribution is 14.0. The van der Waals surface area contributed by atoms with Crippen LogP contribution in [0.1, 0.15) is 53.0 Å². The summed E-state index contributed by atoms with van der Waals surface area (Å²) in [6.45, 7) is 11.6. The Hall–Kier alpha value is -2.04. The Morgan fingerprint density at radius 1 is 1.00 bits per heavy atom. The number of hydrogen-bond donors (Lipinski definition) is 4. The number of anilines is 1. The molecule has 170 valence electrons. The third kappa shape index (κ3) is 13.2. The molecule has 0 saturated carbocycles. The summed E-state index contributed by atoms with van der Waals surface area (Å²) in [6, 6.07) is 7.64. The number of alkyl carbamates (subject to hydrolysis) is 1. The zero-order chi connectivity index (χ0) is 21.7. The number of amides is 2. The zero-order valence-corrected chi connectivity index (χ0v) is 21.0. The van der Waals surface area contributed by atoms with E-state index in [9.17, 15) is 9.59 Å². The lowest BCUT2D eigenvalue weighted by Crippen LogP contribution is -2.42. The normalized spacial score (nSPS) is 11.2. The fourth-order valence-electron chi connectivity index (χ4n) is 2.32. The maximum Gasteiger partial charge on any atom is 0.407 e. The highest BCUT2D eigenvalue weighted by Crippen LogP contribution is 2.11. The number of benzene rings is 1. The summed E-state index contributed by atoms with van der Waals surface area (Å²) in [6.07, 6.45) is 0.908. The van der Waals surface area contributed by atoms with Gasteiger partial charge in [-0.25, -0.2) is 9.79 Å². The smallest absolute Gasteiger partial charge is 0.407 e. The number of guanidine groups is 1. The Bertz CT molecular complexity index is 672. The third-order valence-corrected chi connectivity index (χ3v) is 3.56. The minimum atomic E-state index is -0.512. The van der Waals surface area contributed by atoms with Crippen LogP contribution in [0.2, 0.25) is 0 Å². The minimum Gasteiger partial charge on any atom is -0.444 e. The molecule has 1 aromatic rings. The first-order valence-electron chi connectivity index (χ1n) is 10.1. The molecule has 0 aliphatic heterocycles. The van der Waals surface area contributed by atoms with Crippen molar-refractivity contribution in [1.29, 1.82) is 0 Å². The standard InChI is InChI=1S/C21H35N5O3.HI/c1-6-8-18(27)26-17-11-9-16(10-12-17)15-25-19(22-7-2)23-13-14-24-20(28)29-21(3,4)5;/h9-12H,6-8,13-15H2,1-5H3,(H,24,28)(H,26,27)(H2,22,23,25);1H. The Labute approximate surface area is 197 Å². The van der Waals surface area contributed by atoms with Crippen molar-refractivity contribution in [3.05, 3.63) is 29.8 Å². The van der Waals surface area contributed by atoms with Crippen molar-refractivity contribution in [3.63, 3.8) is 0 Å². The van der Waals surface area contributed by atoms with Crippen molar-refractivity contribution in [1.82, 2.24) is 16.0 Å². The first kappa shape index (κ1) is 28.0. The topological polar surface area (TPSA) is 104 Å². The number of rotatable bonds is 9. The Kier molecular flexibility index (Phi) is 13.9. The van der Waals surface area contributed by atoms with E-state index in [4.69, 9.17) is 4.74 Å². The van der Waals surface area contributed by atoms with Crippen molar-refractivity contribution in [2.24, 2.45) is 4.99 Å². The fourth-order valence-corrected chi connectivity index (χ4v) is 2.32. The second kappa shape index (κ2) is 14.9. The van der Waals surface area contributed by atoms with Crippen LogP contribution in [0.25, 0.3) is 0 Å². The van der Waals surface area contributed by atoms with Crippen LogP contribution in [0.5, 0.6) is 0 Å². The number of nitrogens with one attached hydrogen (secondary N) is 4. The van der Waals surface area contributed by atoms with Crippen LogP contribution in [-0.2, 0) is 16.1 Å². The van der Waals surface area contributed by atoms with Gasteiger partial charge in [0.1, 0.15) is 5.60 Å². The quantitative estimate of drug-likeness (QED) is 0.168. The van der Waals surface area contributed by atoms with Crippen LogP contribution in [0.4, 0.5) is 10.5 Å². The van der Waals surface area contributed by atoms with Crippen molar-refractivity contribution < 1.29 is 14.3 Å². The molecular weight excluding hydrogens is 497 g/mol. The van der Waals surface area contributed by atoms with Crippen LogP contribution in [-0.4, -0.2) is 43.2 Å². The summed E-state index contributed by atoms with van der Waals surface area (Å²) in [7, 11) is 0. The van der Waals surface area contributed by atoms with E-state index in [1.165, 1.54) is 0 Å². The average molecular weight is 533 g/mol. The summed E-state index contributed by atoms with van der Waals surface area (Å²) in [5.74, 6) is 0.690. The van der Waals surface area contributed by atoms with E-state index in [-0.39, 0.29) is 29.9 Å². The van der Waals surface area contributed by atoms with Gasteiger partial charge in [-0.15, -0.1) is 24.0 Å². The summed E-state index contributed by atoms with van der Waals surface area (Å²) < 4.78 is 5.19. The molecule has 0 aliphatic carbocycles. The molecule has 0 unspecified atom stereocenters. The molecule has 0 bridgehead atoms. The van der Waals surface area contributed by atoms with Gasteiger partial charge in [0.25, 0.3) is 0 Å². The van der Waals surface area contributed by atoms with Crippen LogP contribution < -0.4 is 21.3 Å². The molecule has 0 spiro atoms. The molecule has 0 atom stereocenters. The van der Waals surface area contributed by atoms with E-state index < -0.39 is 11.7 Å². The third-order valence-electron chi connectivity index (χ3n) is 3.56. The molecule has 30 heavy (non-hydrogen) atoms. The molecular formula is C21H36IN5O3. The molecule has 1 rings (SSSR count). The molecule has 9 heteroatoms. The lowest BCUT2D eigenvalue weighted by atomic mass is 10.2. The second-order valence-corrected chi connectivity index (χ2v) is 7.55. The molecule has 0 aliphatic rings. The lowest BCUT2D eigenvalue weighted by Gasteiger charge is -2.19. The predicted octanol–water partition coefficient (Wildman–Crippen LogP) is 3.62. The van der Waals surface area contributed by atoms with Crippen molar-refractivity contribution in [2.45, 2.75) is 59.6 Å². The van der Waals surface area contributed by atoms with E-state index >= 15 is 0 Å². The molecule has 1 aromatic carbocycles. The molecule has 0 radical (unpaired) electrons. The summed E-state index contributed by atoms with van der Waals surface area (Å²) >= 11 is 0. The number of nitrogens with zero attached hydrogens (tertiary/aromatic N) is 1. The minimum absolute atomic E-state index is 0. The first-order valence-corrected chi connectivity index (χ1v) is 10.1. The highest BCUT2D eigenvalue weighted by Gasteiger charge is 2.15.